The van der Waals surface area contributed by atoms with Gasteiger partial charge in [0.15, 0.2) is 0 Å². The summed E-state index contributed by atoms with van der Waals surface area (Å²) < 4.78 is 10.9. The zero-order chi connectivity index (χ0) is 16.9. The highest BCUT2D eigenvalue weighted by atomic mass is 35.5. The monoisotopic (exact) mass is 382 g/mol. The minimum Gasteiger partial charge on any atom is -0.492 e. The molecule has 0 aliphatic heterocycles. The van der Waals surface area contributed by atoms with Gasteiger partial charge in [0.2, 0.25) is 11.7 Å². The molecule has 1 heterocycles. The van der Waals surface area contributed by atoms with Crippen LogP contribution in [-0.4, -0.2) is 16.7 Å². The summed E-state index contributed by atoms with van der Waals surface area (Å²) in [7, 11) is 0. The molecule has 0 aliphatic rings. The smallest absolute Gasteiger partial charge is 0.227 e. The molecule has 0 bridgehead atoms. The first-order valence-corrected chi connectivity index (χ1v) is 8.41. The van der Waals surface area contributed by atoms with Gasteiger partial charge in [0.25, 0.3) is 0 Å². The third kappa shape index (κ3) is 4.41. The Hall–Kier alpha value is -1.75. The van der Waals surface area contributed by atoms with Crippen LogP contribution in [0, 0.1) is 0 Å². The molecule has 3 aromatic rings. The summed E-state index contributed by atoms with van der Waals surface area (Å²) in [5.41, 5.74) is 0.860. The highest BCUT2D eigenvalue weighted by Crippen LogP contribution is 2.27. The molecular formula is C17H13Cl3N2O2. The second-order valence-corrected chi connectivity index (χ2v) is 6.33. The van der Waals surface area contributed by atoms with E-state index in [9.17, 15) is 0 Å². The van der Waals surface area contributed by atoms with Crippen molar-refractivity contribution in [3.8, 4) is 17.1 Å². The lowest BCUT2D eigenvalue weighted by atomic mass is 10.2. The molecule has 0 fully saturated rings. The Kier molecular flexibility index (Phi) is 5.61. The van der Waals surface area contributed by atoms with Crippen LogP contribution in [0.5, 0.6) is 5.75 Å². The van der Waals surface area contributed by atoms with Crippen LogP contribution in [0.15, 0.2) is 47.0 Å². The fourth-order valence-electron chi connectivity index (χ4n) is 2.07. The number of hydrogen-bond donors (Lipinski definition) is 0. The summed E-state index contributed by atoms with van der Waals surface area (Å²) in [5.74, 6) is 1.71. The third-order valence-corrected chi connectivity index (χ3v) is 4.04. The maximum Gasteiger partial charge on any atom is 0.227 e. The number of nitrogens with zero attached hydrogens (tertiary/aromatic N) is 2. The third-order valence-electron chi connectivity index (χ3n) is 3.26. The summed E-state index contributed by atoms with van der Waals surface area (Å²) >= 11 is 17.8. The van der Waals surface area contributed by atoms with Crippen LogP contribution >= 0.6 is 34.8 Å². The van der Waals surface area contributed by atoms with Crippen molar-refractivity contribution in [2.75, 3.05) is 6.61 Å². The molecular weight excluding hydrogens is 371 g/mol. The van der Waals surface area contributed by atoms with Crippen molar-refractivity contribution < 1.29 is 9.26 Å². The summed E-state index contributed by atoms with van der Waals surface area (Å²) in [6.45, 7) is 0.486. The van der Waals surface area contributed by atoms with Gasteiger partial charge in [-0.2, -0.15) is 4.98 Å². The molecule has 3 rings (SSSR count). The highest BCUT2D eigenvalue weighted by Gasteiger charge is 2.09. The van der Waals surface area contributed by atoms with Gasteiger partial charge in [-0.25, -0.2) is 0 Å². The van der Waals surface area contributed by atoms with Gasteiger partial charge in [-0.05, 0) is 48.9 Å². The molecule has 0 radical (unpaired) electrons. The molecule has 2 aromatic carbocycles. The van der Waals surface area contributed by atoms with Crippen molar-refractivity contribution in [1.29, 1.82) is 0 Å². The Balaban J connectivity index is 1.51. The van der Waals surface area contributed by atoms with E-state index in [-0.39, 0.29) is 0 Å². The molecule has 0 saturated carbocycles. The number of aryl methyl sites for hydroxylation is 1. The van der Waals surface area contributed by atoms with Crippen molar-refractivity contribution >= 4 is 34.8 Å². The van der Waals surface area contributed by atoms with Crippen LogP contribution in [-0.2, 0) is 6.42 Å². The van der Waals surface area contributed by atoms with Gasteiger partial charge < -0.3 is 9.26 Å². The predicted molar refractivity (Wildman–Crippen MR) is 95.0 cm³/mol. The van der Waals surface area contributed by atoms with Gasteiger partial charge >= 0.3 is 0 Å². The lowest BCUT2D eigenvalue weighted by Gasteiger charge is -2.07. The summed E-state index contributed by atoms with van der Waals surface area (Å²) in [6.07, 6.45) is 1.34. The van der Waals surface area contributed by atoms with Gasteiger partial charge in [-0.1, -0.05) is 40.0 Å². The van der Waals surface area contributed by atoms with E-state index >= 15 is 0 Å². The normalized spacial score (nSPS) is 10.8. The standard InChI is InChI=1S/C17H13Cl3N2O2/c18-12-5-3-11(4-6-12)17-21-16(24-22-17)2-1-9-23-15-8-7-13(19)10-14(15)20/h3-8,10H,1-2,9H2. The van der Waals surface area contributed by atoms with E-state index < -0.39 is 0 Å². The molecule has 24 heavy (non-hydrogen) atoms. The van der Waals surface area contributed by atoms with Crippen LogP contribution in [0.1, 0.15) is 12.3 Å². The summed E-state index contributed by atoms with van der Waals surface area (Å²) in [6, 6.07) is 12.4. The summed E-state index contributed by atoms with van der Waals surface area (Å²) in [5, 5.41) is 5.71. The van der Waals surface area contributed by atoms with E-state index in [2.05, 4.69) is 10.1 Å². The van der Waals surface area contributed by atoms with Crippen molar-refractivity contribution in [1.82, 2.24) is 10.1 Å². The highest BCUT2D eigenvalue weighted by molar-refractivity contribution is 6.35. The quantitative estimate of drug-likeness (QED) is 0.512. The lowest BCUT2D eigenvalue weighted by molar-refractivity contribution is 0.298. The molecule has 1 aromatic heterocycles. The first-order valence-electron chi connectivity index (χ1n) is 7.28. The molecule has 0 amide bonds. The number of benzene rings is 2. The van der Waals surface area contributed by atoms with E-state index in [1.807, 2.05) is 12.1 Å². The van der Waals surface area contributed by atoms with Crippen molar-refractivity contribution in [3.63, 3.8) is 0 Å². The maximum absolute atomic E-state index is 6.05. The average Bonchev–Trinajstić information content (AvgIpc) is 3.03. The van der Waals surface area contributed by atoms with Gasteiger partial charge in [0.05, 0.1) is 11.6 Å². The summed E-state index contributed by atoms with van der Waals surface area (Å²) in [4.78, 5) is 4.36. The second kappa shape index (κ2) is 7.88. The average molecular weight is 384 g/mol. The molecule has 0 aliphatic carbocycles. The SMILES string of the molecule is Clc1ccc(-c2noc(CCCOc3ccc(Cl)cc3Cl)n2)cc1. The molecule has 0 N–H and O–H groups in total. The van der Waals surface area contributed by atoms with Crippen LogP contribution in [0.4, 0.5) is 0 Å². The van der Waals surface area contributed by atoms with Crippen LogP contribution in [0.2, 0.25) is 15.1 Å². The molecule has 0 unspecified atom stereocenters. The molecule has 7 heteroatoms. The predicted octanol–water partition coefficient (Wildman–Crippen LogP) is 5.71. The van der Waals surface area contributed by atoms with Gasteiger partial charge in [-0.15, -0.1) is 0 Å². The number of aromatic nitrogens is 2. The Morgan fingerprint density at radius 2 is 1.71 bits per heavy atom. The number of rotatable bonds is 6. The molecule has 4 nitrogen and oxygen atoms in total. The van der Waals surface area contributed by atoms with Crippen LogP contribution in [0.3, 0.4) is 0 Å². The van der Waals surface area contributed by atoms with E-state index in [1.165, 1.54) is 0 Å². The van der Waals surface area contributed by atoms with Crippen molar-refractivity contribution in [3.05, 3.63) is 63.4 Å². The topological polar surface area (TPSA) is 48.2 Å². The van der Waals surface area contributed by atoms with E-state index in [1.54, 1.807) is 30.3 Å². The molecule has 0 atom stereocenters. The van der Waals surface area contributed by atoms with Crippen molar-refractivity contribution in [2.24, 2.45) is 0 Å². The van der Waals surface area contributed by atoms with E-state index in [0.29, 0.717) is 45.6 Å². The van der Waals surface area contributed by atoms with E-state index in [0.717, 1.165) is 12.0 Å². The maximum atomic E-state index is 6.05. The zero-order valence-corrected chi connectivity index (χ0v) is 14.8. The molecule has 0 saturated heterocycles. The largest absolute Gasteiger partial charge is 0.492 e. The number of ether oxygens (including phenoxy) is 1. The minimum absolute atomic E-state index is 0.486. The van der Waals surface area contributed by atoms with Gasteiger partial charge in [-0.3, -0.25) is 0 Å². The Morgan fingerprint density at radius 1 is 0.958 bits per heavy atom. The fourth-order valence-corrected chi connectivity index (χ4v) is 2.66. The number of hydrogen-bond acceptors (Lipinski definition) is 4. The van der Waals surface area contributed by atoms with Crippen LogP contribution in [0.25, 0.3) is 11.4 Å². The van der Waals surface area contributed by atoms with Crippen molar-refractivity contribution in [2.45, 2.75) is 12.8 Å². The first kappa shape index (κ1) is 17.1. The first-order chi connectivity index (χ1) is 11.6. The second-order valence-electron chi connectivity index (χ2n) is 5.05. The minimum atomic E-state index is 0.486. The van der Waals surface area contributed by atoms with E-state index in [4.69, 9.17) is 44.1 Å². The van der Waals surface area contributed by atoms with Gasteiger partial charge in [0, 0.05) is 22.0 Å². The number of halogens is 3. The fraction of sp³-hybridized carbons (Fsp3) is 0.176. The van der Waals surface area contributed by atoms with Gasteiger partial charge in [0.1, 0.15) is 5.75 Å². The Labute approximate surface area is 154 Å². The van der Waals surface area contributed by atoms with Crippen LogP contribution < -0.4 is 4.74 Å². The Bertz CT molecular complexity index is 819. The lowest BCUT2D eigenvalue weighted by Crippen LogP contribution is -2.00. The molecule has 124 valence electrons. The zero-order valence-electron chi connectivity index (χ0n) is 12.5. The molecule has 0 spiro atoms. The Morgan fingerprint density at radius 3 is 2.46 bits per heavy atom.